The van der Waals surface area contributed by atoms with Gasteiger partial charge in [0.2, 0.25) is 0 Å². The van der Waals surface area contributed by atoms with Crippen LogP contribution in [0.25, 0.3) is 0 Å². The first-order valence-corrected chi connectivity index (χ1v) is 9.95. The minimum atomic E-state index is 0.881. The van der Waals surface area contributed by atoms with Gasteiger partial charge in [0, 0.05) is 0 Å². The number of rotatable bonds is 3. The first kappa shape index (κ1) is 20.4. The van der Waals surface area contributed by atoms with Crippen molar-refractivity contribution in [3.8, 4) is 0 Å². The summed E-state index contributed by atoms with van der Waals surface area (Å²) in [5, 5.41) is 8.34. The molecule has 1 fully saturated rings. The van der Waals surface area contributed by atoms with Gasteiger partial charge in [-0.25, -0.2) is 0 Å². The smallest absolute Gasteiger partial charge is 0.0857 e. The van der Waals surface area contributed by atoms with Gasteiger partial charge < -0.3 is 0 Å². The number of nitrogens with zero attached hydrogens (tertiary/aromatic N) is 2. The van der Waals surface area contributed by atoms with Crippen LogP contribution < -0.4 is 0 Å². The molecule has 0 spiro atoms. The minimum absolute atomic E-state index is 0.881. The fraction of sp³-hybridized carbons (Fsp3) is 0.500. The molecule has 26 heavy (non-hydrogen) atoms. The van der Waals surface area contributed by atoms with Crippen molar-refractivity contribution in [3.05, 3.63) is 59.7 Å². The van der Waals surface area contributed by atoms with Crippen molar-refractivity contribution in [2.45, 2.75) is 54.4 Å². The summed E-state index contributed by atoms with van der Waals surface area (Å²) >= 11 is 0. The van der Waals surface area contributed by atoms with Crippen LogP contribution >= 0.6 is 0 Å². The molecule has 1 saturated carbocycles. The van der Waals surface area contributed by atoms with E-state index in [-0.39, 0.29) is 0 Å². The minimum Gasteiger partial charge on any atom is -0.151 e. The van der Waals surface area contributed by atoms with Gasteiger partial charge in [0.05, 0.1) is 11.4 Å². The van der Waals surface area contributed by atoms with Crippen molar-refractivity contribution in [2.75, 3.05) is 0 Å². The summed E-state index contributed by atoms with van der Waals surface area (Å²) in [6, 6.07) is 16.0. The summed E-state index contributed by atoms with van der Waals surface area (Å²) in [6.07, 6.45) is 2.84. The molecule has 4 atom stereocenters. The first-order valence-electron chi connectivity index (χ1n) is 9.95. The second-order valence-corrected chi connectivity index (χ2v) is 7.99. The Morgan fingerprint density at radius 2 is 1.15 bits per heavy atom. The first-order chi connectivity index (χ1) is 12.4. The molecule has 2 aromatic rings. The summed E-state index contributed by atoms with van der Waals surface area (Å²) in [5.41, 5.74) is 4.22. The van der Waals surface area contributed by atoms with E-state index in [0.29, 0.717) is 0 Å². The molecule has 1 aliphatic carbocycles. The van der Waals surface area contributed by atoms with E-state index in [1.165, 1.54) is 24.0 Å². The topological polar surface area (TPSA) is 24.7 Å². The Bertz CT molecular complexity index is 638. The van der Waals surface area contributed by atoms with E-state index >= 15 is 0 Å². The summed E-state index contributed by atoms with van der Waals surface area (Å²) in [6.45, 7) is 13.7. The van der Waals surface area contributed by atoms with Gasteiger partial charge in [-0.2, -0.15) is 10.2 Å². The van der Waals surface area contributed by atoms with Gasteiger partial charge in [0.25, 0.3) is 0 Å². The Morgan fingerprint density at radius 1 is 0.731 bits per heavy atom. The van der Waals surface area contributed by atoms with Crippen molar-refractivity contribution in [1.82, 2.24) is 0 Å². The van der Waals surface area contributed by atoms with Gasteiger partial charge in [-0.15, -0.1) is 0 Å². The standard InChI is InChI=1S/C14H14N2.C10H20/c1-11-3-7-13(8-4-11)15-16-14-9-5-12(2)6-10-14;1-5-10-8(3)6-7(2)9(10)4/h3-10H,1-2H3;7-10H,5-6H2,1-4H3. The van der Waals surface area contributed by atoms with Gasteiger partial charge >= 0.3 is 0 Å². The zero-order valence-electron chi connectivity index (χ0n) is 17.2. The molecule has 0 N–H and O–H groups in total. The van der Waals surface area contributed by atoms with Crippen LogP contribution in [-0.2, 0) is 0 Å². The van der Waals surface area contributed by atoms with Gasteiger partial charge in [-0.05, 0) is 68.2 Å². The highest BCUT2D eigenvalue weighted by molar-refractivity contribution is 5.41. The third kappa shape index (κ3) is 5.79. The number of aryl methyl sites for hydroxylation is 2. The molecule has 2 nitrogen and oxygen atoms in total. The molecule has 0 bridgehead atoms. The van der Waals surface area contributed by atoms with Gasteiger partial charge in [-0.3, -0.25) is 0 Å². The normalized spacial score (nSPS) is 25.2. The van der Waals surface area contributed by atoms with Crippen LogP contribution in [0.2, 0.25) is 0 Å². The Morgan fingerprint density at radius 3 is 1.42 bits per heavy atom. The zero-order chi connectivity index (χ0) is 19.1. The molecule has 0 aliphatic heterocycles. The van der Waals surface area contributed by atoms with E-state index in [1.807, 2.05) is 48.5 Å². The average Bonchev–Trinajstić information content (AvgIpc) is 2.88. The molecule has 4 unspecified atom stereocenters. The maximum absolute atomic E-state index is 4.17. The van der Waals surface area contributed by atoms with Crippen molar-refractivity contribution in [3.63, 3.8) is 0 Å². The molecular formula is C24H34N2. The van der Waals surface area contributed by atoms with Crippen LogP contribution in [0.5, 0.6) is 0 Å². The van der Waals surface area contributed by atoms with E-state index in [0.717, 1.165) is 35.0 Å². The maximum atomic E-state index is 4.17. The highest BCUT2D eigenvalue weighted by Gasteiger charge is 2.33. The van der Waals surface area contributed by atoms with Crippen LogP contribution in [-0.4, -0.2) is 0 Å². The van der Waals surface area contributed by atoms with Crippen molar-refractivity contribution in [2.24, 2.45) is 33.9 Å². The van der Waals surface area contributed by atoms with Crippen molar-refractivity contribution < 1.29 is 0 Å². The molecule has 0 radical (unpaired) electrons. The predicted molar refractivity (Wildman–Crippen MR) is 112 cm³/mol. The second kappa shape index (κ2) is 9.66. The average molecular weight is 351 g/mol. The van der Waals surface area contributed by atoms with Crippen LogP contribution in [0.1, 0.15) is 51.7 Å². The third-order valence-electron chi connectivity index (χ3n) is 5.87. The van der Waals surface area contributed by atoms with Crippen LogP contribution in [0.3, 0.4) is 0 Å². The lowest BCUT2D eigenvalue weighted by molar-refractivity contribution is 0.314. The Balaban J connectivity index is 0.000000209. The van der Waals surface area contributed by atoms with Crippen LogP contribution in [0.4, 0.5) is 11.4 Å². The SMILES string of the molecule is CCC1C(C)CC(C)C1C.Cc1ccc(N=Nc2ccc(C)cc2)cc1. The van der Waals surface area contributed by atoms with Crippen molar-refractivity contribution in [1.29, 1.82) is 0 Å². The van der Waals surface area contributed by atoms with E-state index in [1.54, 1.807) is 0 Å². The highest BCUT2D eigenvalue weighted by Crippen LogP contribution is 2.42. The lowest BCUT2D eigenvalue weighted by atomic mass is 9.88. The Hall–Kier alpha value is -1.96. The largest absolute Gasteiger partial charge is 0.151 e. The zero-order valence-corrected chi connectivity index (χ0v) is 17.2. The summed E-state index contributed by atoms with van der Waals surface area (Å²) in [4.78, 5) is 0. The van der Waals surface area contributed by atoms with Crippen LogP contribution in [0, 0.1) is 37.5 Å². The third-order valence-corrected chi connectivity index (χ3v) is 5.87. The molecule has 2 heteroatoms. The second-order valence-electron chi connectivity index (χ2n) is 7.99. The molecule has 3 rings (SSSR count). The summed E-state index contributed by atoms with van der Waals surface area (Å²) in [7, 11) is 0. The predicted octanol–water partition coefficient (Wildman–Crippen LogP) is 8.04. The monoisotopic (exact) mass is 350 g/mol. The quantitative estimate of drug-likeness (QED) is 0.500. The fourth-order valence-electron chi connectivity index (χ4n) is 4.03. The molecule has 140 valence electrons. The van der Waals surface area contributed by atoms with Gasteiger partial charge in [0.1, 0.15) is 0 Å². The number of benzene rings is 2. The maximum Gasteiger partial charge on any atom is 0.0857 e. The summed E-state index contributed by atoms with van der Waals surface area (Å²) < 4.78 is 0. The van der Waals surface area contributed by atoms with E-state index in [9.17, 15) is 0 Å². The van der Waals surface area contributed by atoms with E-state index in [2.05, 4.69) is 51.8 Å². The Labute approximate surface area is 159 Å². The molecule has 0 saturated heterocycles. The fourth-order valence-corrected chi connectivity index (χ4v) is 4.03. The number of hydrogen-bond acceptors (Lipinski definition) is 2. The van der Waals surface area contributed by atoms with Gasteiger partial charge in [-0.1, -0.05) is 69.5 Å². The molecule has 0 heterocycles. The van der Waals surface area contributed by atoms with Gasteiger partial charge in [0.15, 0.2) is 0 Å². The molecule has 0 aromatic heterocycles. The van der Waals surface area contributed by atoms with E-state index < -0.39 is 0 Å². The number of azo groups is 1. The van der Waals surface area contributed by atoms with Crippen LogP contribution in [0.15, 0.2) is 58.8 Å². The van der Waals surface area contributed by atoms with E-state index in [4.69, 9.17) is 0 Å². The van der Waals surface area contributed by atoms with Crippen molar-refractivity contribution >= 4 is 11.4 Å². The molecule has 0 amide bonds. The molecule has 1 aliphatic rings. The molecule has 2 aromatic carbocycles. The number of hydrogen-bond donors (Lipinski definition) is 0. The lowest BCUT2D eigenvalue weighted by Gasteiger charge is -2.18. The highest BCUT2D eigenvalue weighted by atomic mass is 15.1. The Kier molecular flexibility index (Phi) is 7.56. The lowest BCUT2D eigenvalue weighted by Crippen LogP contribution is -2.10. The summed E-state index contributed by atoms with van der Waals surface area (Å²) in [5.74, 6) is 3.94. The molecular weight excluding hydrogens is 316 g/mol.